The van der Waals surface area contributed by atoms with E-state index in [2.05, 4.69) is 0 Å². The summed E-state index contributed by atoms with van der Waals surface area (Å²) in [6.07, 6.45) is 1.67. The molecule has 3 rings (SSSR count). The number of carbonyl (C=O) groups is 2. The van der Waals surface area contributed by atoms with Crippen LogP contribution in [0, 0.1) is 17.8 Å². The Hall–Kier alpha value is -2.04. The van der Waals surface area contributed by atoms with Crippen molar-refractivity contribution in [3.05, 3.63) is 35.9 Å². The number of ether oxygens (including phenoxy) is 2. The molecule has 1 aromatic carbocycles. The summed E-state index contributed by atoms with van der Waals surface area (Å²) in [5.41, 5.74) is 0.975. The average molecular weight is 303 g/mol. The number of hydrogen-bond donors (Lipinski definition) is 0. The number of fused-ring (bicyclic) bond motifs is 2. The molecule has 2 unspecified atom stereocenters. The van der Waals surface area contributed by atoms with Crippen molar-refractivity contribution in [1.82, 2.24) is 4.90 Å². The maximum absolute atomic E-state index is 12.2. The van der Waals surface area contributed by atoms with E-state index in [0.717, 1.165) is 18.4 Å². The molecule has 1 heterocycles. The fourth-order valence-corrected chi connectivity index (χ4v) is 3.70. The van der Waals surface area contributed by atoms with Gasteiger partial charge < -0.3 is 14.4 Å². The molecule has 2 fully saturated rings. The zero-order valence-electron chi connectivity index (χ0n) is 12.7. The van der Waals surface area contributed by atoms with Crippen molar-refractivity contribution in [2.45, 2.75) is 19.4 Å². The van der Waals surface area contributed by atoms with Crippen LogP contribution in [0.1, 0.15) is 18.4 Å². The quantitative estimate of drug-likeness (QED) is 0.805. The van der Waals surface area contributed by atoms with Gasteiger partial charge in [0.15, 0.2) is 0 Å². The van der Waals surface area contributed by atoms with Crippen molar-refractivity contribution in [3.8, 4) is 0 Å². The first-order valence-corrected chi connectivity index (χ1v) is 7.72. The van der Waals surface area contributed by atoms with Gasteiger partial charge in [-0.25, -0.2) is 4.79 Å². The fraction of sp³-hybridized carbons (Fsp3) is 0.529. The van der Waals surface area contributed by atoms with Gasteiger partial charge in [-0.3, -0.25) is 4.79 Å². The van der Waals surface area contributed by atoms with Gasteiger partial charge in [-0.1, -0.05) is 30.3 Å². The largest absolute Gasteiger partial charge is 0.469 e. The van der Waals surface area contributed by atoms with Gasteiger partial charge in [0.05, 0.1) is 13.0 Å². The number of likely N-dealkylation sites (tertiary alicyclic amines) is 1. The molecule has 2 atom stereocenters. The van der Waals surface area contributed by atoms with Crippen LogP contribution in [0.15, 0.2) is 30.3 Å². The Morgan fingerprint density at radius 2 is 1.77 bits per heavy atom. The lowest BCUT2D eigenvalue weighted by molar-refractivity contribution is -0.150. The van der Waals surface area contributed by atoms with Crippen LogP contribution in [0.4, 0.5) is 4.79 Å². The van der Waals surface area contributed by atoms with E-state index in [1.807, 2.05) is 30.3 Å². The molecule has 0 aromatic heterocycles. The number of nitrogens with zero attached hydrogens (tertiary/aromatic N) is 1. The Labute approximate surface area is 130 Å². The van der Waals surface area contributed by atoms with Crippen molar-refractivity contribution in [2.24, 2.45) is 17.8 Å². The standard InChI is InChI=1S/C17H21NO4/c1-21-16(19)15-13-7-8-14(15)10-18(9-13)17(20)22-11-12-5-3-2-4-6-12/h2-6,13-15H,7-11H2,1H3. The zero-order chi connectivity index (χ0) is 15.5. The van der Waals surface area contributed by atoms with E-state index in [1.54, 1.807) is 4.90 Å². The second-order valence-electron chi connectivity index (χ2n) is 6.09. The molecular weight excluding hydrogens is 282 g/mol. The number of rotatable bonds is 3. The Balaban J connectivity index is 1.56. The molecule has 5 heteroatoms. The fourth-order valence-electron chi connectivity index (χ4n) is 3.70. The molecule has 1 saturated carbocycles. The summed E-state index contributed by atoms with van der Waals surface area (Å²) in [5.74, 6) is 0.221. The Morgan fingerprint density at radius 3 is 2.36 bits per heavy atom. The molecule has 1 aliphatic heterocycles. The van der Waals surface area contributed by atoms with E-state index in [-0.39, 0.29) is 36.4 Å². The Kier molecular flexibility index (Phi) is 4.32. The molecule has 1 aromatic rings. The SMILES string of the molecule is COC(=O)C1C2CCC1CN(C(=O)OCc1ccccc1)C2. The lowest BCUT2D eigenvalue weighted by Gasteiger charge is -2.35. The summed E-state index contributed by atoms with van der Waals surface area (Å²) in [6.45, 7) is 1.46. The van der Waals surface area contributed by atoms with E-state index in [9.17, 15) is 9.59 Å². The topological polar surface area (TPSA) is 55.8 Å². The van der Waals surface area contributed by atoms with Crippen LogP contribution in [-0.2, 0) is 20.9 Å². The van der Waals surface area contributed by atoms with Gasteiger partial charge in [-0.2, -0.15) is 0 Å². The molecule has 118 valence electrons. The minimum absolute atomic E-state index is 0.0526. The van der Waals surface area contributed by atoms with Crippen molar-refractivity contribution >= 4 is 12.1 Å². The van der Waals surface area contributed by atoms with Gasteiger partial charge in [0.25, 0.3) is 0 Å². The predicted octanol–water partition coefficient (Wildman–Crippen LogP) is 2.45. The number of esters is 1. The Morgan fingerprint density at radius 1 is 1.14 bits per heavy atom. The first-order valence-electron chi connectivity index (χ1n) is 7.72. The molecular formula is C17H21NO4. The highest BCUT2D eigenvalue weighted by Gasteiger charge is 2.47. The molecule has 2 aliphatic rings. The normalized spacial score (nSPS) is 26.6. The molecule has 0 radical (unpaired) electrons. The second-order valence-corrected chi connectivity index (χ2v) is 6.09. The van der Waals surface area contributed by atoms with Crippen LogP contribution < -0.4 is 0 Å². The van der Waals surface area contributed by atoms with Gasteiger partial charge in [0.2, 0.25) is 0 Å². The highest BCUT2D eigenvalue weighted by Crippen LogP contribution is 2.42. The van der Waals surface area contributed by atoms with E-state index < -0.39 is 0 Å². The molecule has 5 nitrogen and oxygen atoms in total. The third kappa shape index (κ3) is 2.93. The van der Waals surface area contributed by atoms with E-state index >= 15 is 0 Å². The highest BCUT2D eigenvalue weighted by atomic mass is 16.6. The molecule has 0 N–H and O–H groups in total. The summed E-state index contributed by atoms with van der Waals surface area (Å²) < 4.78 is 10.3. The number of methoxy groups -OCH3 is 1. The van der Waals surface area contributed by atoms with Gasteiger partial charge in [-0.15, -0.1) is 0 Å². The zero-order valence-corrected chi connectivity index (χ0v) is 12.7. The average Bonchev–Trinajstić information content (AvgIpc) is 2.82. The minimum atomic E-state index is -0.288. The summed E-state index contributed by atoms with van der Waals surface area (Å²) in [5, 5.41) is 0. The van der Waals surface area contributed by atoms with Crippen LogP contribution in [0.25, 0.3) is 0 Å². The van der Waals surface area contributed by atoms with Crippen molar-refractivity contribution in [1.29, 1.82) is 0 Å². The molecule has 1 amide bonds. The molecule has 1 aliphatic carbocycles. The van der Waals surface area contributed by atoms with Gasteiger partial charge in [0.1, 0.15) is 6.61 Å². The highest BCUT2D eigenvalue weighted by molar-refractivity contribution is 5.75. The van der Waals surface area contributed by atoms with E-state index in [0.29, 0.717) is 13.1 Å². The second kappa shape index (κ2) is 6.38. The van der Waals surface area contributed by atoms with Crippen molar-refractivity contribution in [2.75, 3.05) is 20.2 Å². The summed E-state index contributed by atoms with van der Waals surface area (Å²) in [6, 6.07) is 9.64. The molecule has 0 spiro atoms. The first-order chi connectivity index (χ1) is 10.7. The summed E-state index contributed by atoms with van der Waals surface area (Å²) >= 11 is 0. The maximum Gasteiger partial charge on any atom is 0.410 e. The van der Waals surface area contributed by atoms with Crippen LogP contribution in [0.5, 0.6) is 0 Å². The number of piperidine rings is 1. The number of benzene rings is 1. The molecule has 22 heavy (non-hydrogen) atoms. The Bertz CT molecular complexity index is 531. The summed E-state index contributed by atoms with van der Waals surface area (Å²) in [4.78, 5) is 25.8. The minimum Gasteiger partial charge on any atom is -0.469 e. The van der Waals surface area contributed by atoms with Crippen LogP contribution in [0.2, 0.25) is 0 Å². The van der Waals surface area contributed by atoms with Crippen LogP contribution in [-0.4, -0.2) is 37.2 Å². The molecule has 2 bridgehead atoms. The molecule has 1 saturated heterocycles. The lowest BCUT2D eigenvalue weighted by Crippen LogP contribution is -2.47. The third-order valence-electron chi connectivity index (χ3n) is 4.77. The predicted molar refractivity (Wildman–Crippen MR) is 79.9 cm³/mol. The smallest absolute Gasteiger partial charge is 0.410 e. The van der Waals surface area contributed by atoms with Crippen molar-refractivity contribution < 1.29 is 19.1 Å². The van der Waals surface area contributed by atoms with Gasteiger partial charge in [0, 0.05) is 13.1 Å². The number of carbonyl (C=O) groups excluding carboxylic acids is 2. The maximum atomic E-state index is 12.2. The lowest BCUT2D eigenvalue weighted by atomic mass is 9.85. The number of hydrogen-bond acceptors (Lipinski definition) is 4. The third-order valence-corrected chi connectivity index (χ3v) is 4.77. The van der Waals surface area contributed by atoms with E-state index in [4.69, 9.17) is 9.47 Å². The first kappa shape index (κ1) is 14.9. The van der Waals surface area contributed by atoms with Gasteiger partial charge in [-0.05, 0) is 30.2 Å². The number of amides is 1. The summed E-state index contributed by atoms with van der Waals surface area (Å²) in [7, 11) is 1.43. The van der Waals surface area contributed by atoms with E-state index in [1.165, 1.54) is 7.11 Å². The van der Waals surface area contributed by atoms with Gasteiger partial charge >= 0.3 is 12.1 Å². The monoisotopic (exact) mass is 303 g/mol. The van der Waals surface area contributed by atoms with Crippen LogP contribution >= 0.6 is 0 Å². The van der Waals surface area contributed by atoms with Crippen molar-refractivity contribution in [3.63, 3.8) is 0 Å². The van der Waals surface area contributed by atoms with Crippen LogP contribution in [0.3, 0.4) is 0 Å².